The summed E-state index contributed by atoms with van der Waals surface area (Å²) >= 11 is 3.50. The van der Waals surface area contributed by atoms with E-state index in [1.165, 1.54) is 33.5 Å². The van der Waals surface area contributed by atoms with Crippen molar-refractivity contribution in [1.82, 2.24) is 9.88 Å². The Morgan fingerprint density at radius 2 is 2.07 bits per heavy atom. The number of fused-ring (bicyclic) bond motifs is 2. The van der Waals surface area contributed by atoms with Crippen LogP contribution >= 0.6 is 22.7 Å². The van der Waals surface area contributed by atoms with Crippen LogP contribution in [0, 0.1) is 5.92 Å². The molecule has 1 amide bonds. The first-order valence-corrected chi connectivity index (χ1v) is 11.9. The van der Waals surface area contributed by atoms with Crippen LogP contribution in [0.1, 0.15) is 43.0 Å². The molecular weight excluding hydrogens is 386 g/mol. The van der Waals surface area contributed by atoms with Crippen LogP contribution in [0.25, 0.3) is 20.8 Å². The van der Waals surface area contributed by atoms with E-state index in [9.17, 15) is 4.79 Å². The number of nitrogens with one attached hydrogen (secondary N) is 1. The number of benzene rings is 1. The Hall–Kier alpha value is -1.76. The van der Waals surface area contributed by atoms with Crippen molar-refractivity contribution in [3.63, 3.8) is 0 Å². The van der Waals surface area contributed by atoms with E-state index in [1.54, 1.807) is 22.7 Å². The number of likely N-dealkylation sites (N-methyl/N-ethyl adjacent to an activating group) is 1. The molecule has 1 N–H and O–H groups in total. The second-order valence-corrected chi connectivity index (χ2v) is 9.92. The number of hydrogen-bond donors (Lipinski definition) is 1. The van der Waals surface area contributed by atoms with Gasteiger partial charge in [-0.2, -0.15) is 0 Å². The van der Waals surface area contributed by atoms with Crippen LogP contribution in [0.4, 0.5) is 5.00 Å². The Labute approximate surface area is 173 Å². The molecule has 0 radical (unpaired) electrons. The molecule has 3 heterocycles. The van der Waals surface area contributed by atoms with Crippen molar-refractivity contribution in [2.45, 2.75) is 45.6 Å². The molecule has 1 aliphatic heterocycles. The molecule has 4 nitrogen and oxygen atoms in total. The van der Waals surface area contributed by atoms with Gasteiger partial charge < -0.3 is 5.32 Å². The summed E-state index contributed by atoms with van der Waals surface area (Å²) in [6.07, 6.45) is 5.43. The van der Waals surface area contributed by atoms with Crippen LogP contribution in [0.2, 0.25) is 0 Å². The monoisotopic (exact) mass is 411 g/mol. The van der Waals surface area contributed by atoms with Crippen LogP contribution in [0.5, 0.6) is 0 Å². The molecular formula is C22H25N3OS2. The molecule has 5 rings (SSSR count). The molecule has 1 saturated carbocycles. The van der Waals surface area contributed by atoms with Gasteiger partial charge in [0, 0.05) is 29.4 Å². The smallest absolute Gasteiger partial charge is 0.228 e. The number of carbonyl (C=O) groups excluding carboxylic acids is 1. The lowest BCUT2D eigenvalue weighted by Gasteiger charge is -2.25. The van der Waals surface area contributed by atoms with Gasteiger partial charge in [-0.15, -0.1) is 22.7 Å². The van der Waals surface area contributed by atoms with Gasteiger partial charge in [0.25, 0.3) is 0 Å². The number of rotatable bonds is 4. The quantitative estimate of drug-likeness (QED) is 0.614. The van der Waals surface area contributed by atoms with Crippen LogP contribution in [0.3, 0.4) is 0 Å². The van der Waals surface area contributed by atoms with E-state index in [4.69, 9.17) is 4.98 Å². The first kappa shape index (κ1) is 18.3. The third-order valence-corrected chi connectivity index (χ3v) is 8.24. The van der Waals surface area contributed by atoms with Gasteiger partial charge in [-0.3, -0.25) is 9.69 Å². The molecule has 1 aliphatic carbocycles. The number of aromatic nitrogens is 1. The highest BCUT2D eigenvalue weighted by Crippen LogP contribution is 2.46. The minimum atomic E-state index is 0.175. The predicted molar refractivity (Wildman–Crippen MR) is 118 cm³/mol. The molecule has 0 atom stereocenters. The highest BCUT2D eigenvalue weighted by atomic mass is 32.1. The molecule has 0 spiro atoms. The average molecular weight is 412 g/mol. The third kappa shape index (κ3) is 3.27. The van der Waals surface area contributed by atoms with Crippen LogP contribution in [-0.4, -0.2) is 28.9 Å². The Bertz CT molecular complexity index is 983. The summed E-state index contributed by atoms with van der Waals surface area (Å²) in [6.45, 7) is 5.34. The Kier molecular flexibility index (Phi) is 4.95. The summed E-state index contributed by atoms with van der Waals surface area (Å²) in [4.78, 5) is 21.7. The van der Waals surface area contributed by atoms with Crippen molar-refractivity contribution in [2.75, 3.05) is 18.4 Å². The molecule has 1 fully saturated rings. The lowest BCUT2D eigenvalue weighted by molar-refractivity contribution is -0.119. The minimum Gasteiger partial charge on any atom is -0.317 e. The number of nitrogens with zero attached hydrogens (tertiary/aromatic N) is 2. The maximum atomic E-state index is 12.9. The lowest BCUT2D eigenvalue weighted by Crippen LogP contribution is -2.29. The molecule has 3 aromatic rings. The number of thiophene rings is 1. The molecule has 28 heavy (non-hydrogen) atoms. The van der Waals surface area contributed by atoms with Crippen molar-refractivity contribution >= 4 is 43.8 Å². The van der Waals surface area contributed by atoms with Gasteiger partial charge in [0.15, 0.2) is 0 Å². The van der Waals surface area contributed by atoms with Crippen molar-refractivity contribution in [3.8, 4) is 10.6 Å². The number of hydrogen-bond acceptors (Lipinski definition) is 5. The van der Waals surface area contributed by atoms with Crippen molar-refractivity contribution < 1.29 is 4.79 Å². The third-order valence-electron chi connectivity index (χ3n) is 6.05. The van der Waals surface area contributed by atoms with E-state index in [-0.39, 0.29) is 11.8 Å². The largest absolute Gasteiger partial charge is 0.317 e. The van der Waals surface area contributed by atoms with Gasteiger partial charge in [0.05, 0.1) is 10.2 Å². The number of para-hydroxylation sites is 1. The topological polar surface area (TPSA) is 45.2 Å². The van der Waals surface area contributed by atoms with E-state index in [1.807, 2.05) is 6.07 Å². The van der Waals surface area contributed by atoms with E-state index < -0.39 is 0 Å². The maximum Gasteiger partial charge on any atom is 0.228 e. The minimum absolute atomic E-state index is 0.175. The SMILES string of the molecule is CCN1CCc2c(sc(NC(=O)C3CCCC3)c2-c2nc3ccccc3s2)C1. The normalized spacial score (nSPS) is 17.9. The van der Waals surface area contributed by atoms with E-state index in [0.29, 0.717) is 0 Å². The van der Waals surface area contributed by atoms with Crippen LogP contribution < -0.4 is 5.32 Å². The fraction of sp³-hybridized carbons (Fsp3) is 0.455. The highest BCUT2D eigenvalue weighted by Gasteiger charge is 2.29. The Morgan fingerprint density at radius 3 is 2.86 bits per heavy atom. The Morgan fingerprint density at radius 1 is 1.25 bits per heavy atom. The zero-order valence-corrected chi connectivity index (χ0v) is 17.8. The number of thiazole rings is 1. The summed E-state index contributed by atoms with van der Waals surface area (Å²) < 4.78 is 1.21. The van der Waals surface area contributed by atoms with Crippen molar-refractivity contribution in [1.29, 1.82) is 0 Å². The fourth-order valence-electron chi connectivity index (χ4n) is 4.42. The van der Waals surface area contributed by atoms with Gasteiger partial charge in [-0.05, 0) is 43.5 Å². The van der Waals surface area contributed by atoms with Gasteiger partial charge in [-0.1, -0.05) is 31.9 Å². The van der Waals surface area contributed by atoms with Gasteiger partial charge >= 0.3 is 0 Å². The van der Waals surface area contributed by atoms with Gasteiger partial charge in [-0.25, -0.2) is 4.98 Å². The molecule has 0 unspecified atom stereocenters. The summed E-state index contributed by atoms with van der Waals surface area (Å²) in [5.74, 6) is 0.375. The van der Waals surface area contributed by atoms with Crippen LogP contribution in [-0.2, 0) is 17.8 Å². The van der Waals surface area contributed by atoms with E-state index >= 15 is 0 Å². The number of anilines is 1. The predicted octanol–water partition coefficient (Wildman–Crippen LogP) is 5.53. The molecule has 2 aromatic heterocycles. The second kappa shape index (κ2) is 7.58. The maximum absolute atomic E-state index is 12.9. The highest BCUT2D eigenvalue weighted by molar-refractivity contribution is 7.22. The van der Waals surface area contributed by atoms with Gasteiger partial charge in [0.2, 0.25) is 5.91 Å². The fourth-order valence-corrected chi connectivity index (χ4v) is 6.83. The molecule has 0 bridgehead atoms. The molecule has 146 valence electrons. The molecule has 6 heteroatoms. The standard InChI is InChI=1S/C22H25N3OS2/c1-2-25-12-11-15-18(13-25)28-22(24-20(26)14-7-3-4-8-14)19(15)21-23-16-9-5-6-10-17(16)27-21/h5-6,9-10,14H,2-4,7-8,11-13H2,1H3,(H,24,26). The molecule has 2 aliphatic rings. The Balaban J connectivity index is 1.57. The zero-order valence-electron chi connectivity index (χ0n) is 16.2. The lowest BCUT2D eigenvalue weighted by atomic mass is 10.0. The van der Waals surface area contributed by atoms with Crippen molar-refractivity contribution in [2.24, 2.45) is 5.92 Å². The average Bonchev–Trinajstić information content (AvgIpc) is 3.44. The summed E-state index contributed by atoms with van der Waals surface area (Å²) in [7, 11) is 0. The number of carbonyl (C=O) groups is 1. The second-order valence-electron chi connectivity index (χ2n) is 7.78. The first-order chi connectivity index (χ1) is 13.7. The first-order valence-electron chi connectivity index (χ1n) is 10.3. The summed E-state index contributed by atoms with van der Waals surface area (Å²) in [5.41, 5.74) is 3.63. The summed E-state index contributed by atoms with van der Waals surface area (Å²) in [6, 6.07) is 8.31. The van der Waals surface area contributed by atoms with Crippen molar-refractivity contribution in [3.05, 3.63) is 34.7 Å². The molecule has 1 aromatic carbocycles. The zero-order chi connectivity index (χ0) is 19.1. The van der Waals surface area contributed by atoms with Crippen LogP contribution in [0.15, 0.2) is 24.3 Å². The van der Waals surface area contributed by atoms with E-state index in [0.717, 1.165) is 54.4 Å². The number of amides is 1. The summed E-state index contributed by atoms with van der Waals surface area (Å²) in [5, 5.41) is 5.37. The van der Waals surface area contributed by atoms with Gasteiger partial charge in [0.1, 0.15) is 10.0 Å². The van der Waals surface area contributed by atoms with E-state index in [2.05, 4.69) is 35.3 Å². The molecule has 0 saturated heterocycles.